The minimum absolute atomic E-state index is 0.00231. The van der Waals surface area contributed by atoms with Gasteiger partial charge in [0.2, 0.25) is 0 Å². The molecule has 0 aliphatic rings. The largest absolute Gasteiger partial charge is 0.460 e. The summed E-state index contributed by atoms with van der Waals surface area (Å²) in [6.45, 7) is 10.3. The smallest absolute Gasteiger partial charge is 0.407 e. The lowest BCUT2D eigenvalue weighted by Gasteiger charge is -2.09. The lowest BCUT2D eigenvalue weighted by Crippen LogP contribution is -2.30. The van der Waals surface area contributed by atoms with Crippen LogP contribution in [0.1, 0.15) is 13.8 Å². The third-order valence-corrected chi connectivity index (χ3v) is 2.83. The average Bonchev–Trinajstić information content (AvgIpc) is 2.67. The third-order valence-electron chi connectivity index (χ3n) is 2.83. The van der Waals surface area contributed by atoms with Gasteiger partial charge in [-0.1, -0.05) is 13.2 Å². The number of alkyl carbamates (subject to hydrolysis) is 2. The molecule has 0 saturated carbocycles. The molecule has 11 heteroatoms. The molecule has 0 aliphatic carbocycles. The van der Waals surface area contributed by atoms with E-state index in [9.17, 15) is 19.2 Å². The monoisotopic (exact) mass is 416 g/mol. The first-order valence-corrected chi connectivity index (χ1v) is 8.78. The van der Waals surface area contributed by atoms with E-state index in [2.05, 4.69) is 23.8 Å². The molecule has 0 radical (unpaired) electrons. The predicted octanol–water partition coefficient (Wildman–Crippen LogP) is 0.694. The normalized spacial score (nSPS) is 9.72. The van der Waals surface area contributed by atoms with Crippen LogP contribution >= 0.6 is 0 Å². The fraction of sp³-hybridized carbons (Fsp3) is 0.556. The van der Waals surface area contributed by atoms with E-state index < -0.39 is 24.1 Å². The molecule has 2 amide bonds. The molecule has 0 atom stereocenters. The number of ether oxygens (including phenoxy) is 5. The third kappa shape index (κ3) is 15.7. The molecule has 0 rings (SSSR count). The van der Waals surface area contributed by atoms with Crippen molar-refractivity contribution in [1.29, 1.82) is 0 Å². The summed E-state index contributed by atoms with van der Waals surface area (Å²) in [7, 11) is 0. The van der Waals surface area contributed by atoms with Crippen LogP contribution < -0.4 is 10.6 Å². The molecule has 11 nitrogen and oxygen atoms in total. The highest BCUT2D eigenvalue weighted by atomic mass is 16.6. The van der Waals surface area contributed by atoms with Crippen LogP contribution in [0.5, 0.6) is 0 Å². The fourth-order valence-corrected chi connectivity index (χ4v) is 1.43. The van der Waals surface area contributed by atoms with E-state index >= 15 is 0 Å². The van der Waals surface area contributed by atoms with Crippen molar-refractivity contribution in [2.45, 2.75) is 13.8 Å². The fourth-order valence-electron chi connectivity index (χ4n) is 1.43. The molecule has 0 aliphatic heterocycles. The van der Waals surface area contributed by atoms with Crippen LogP contribution in [-0.4, -0.2) is 76.9 Å². The number of hydrogen-bond acceptors (Lipinski definition) is 9. The van der Waals surface area contributed by atoms with Crippen molar-refractivity contribution in [1.82, 2.24) is 10.6 Å². The van der Waals surface area contributed by atoms with Crippen LogP contribution in [0.15, 0.2) is 24.3 Å². The van der Waals surface area contributed by atoms with E-state index in [-0.39, 0.29) is 63.9 Å². The van der Waals surface area contributed by atoms with Gasteiger partial charge in [-0.25, -0.2) is 19.2 Å². The van der Waals surface area contributed by atoms with Gasteiger partial charge in [0.15, 0.2) is 0 Å². The zero-order valence-corrected chi connectivity index (χ0v) is 16.7. The number of nitrogens with one attached hydrogen (secondary N) is 2. The van der Waals surface area contributed by atoms with Gasteiger partial charge in [0, 0.05) is 11.1 Å². The Kier molecular flexibility index (Phi) is 14.2. The second-order valence-electron chi connectivity index (χ2n) is 5.57. The van der Waals surface area contributed by atoms with E-state index in [0.29, 0.717) is 0 Å². The minimum atomic E-state index is -0.678. The van der Waals surface area contributed by atoms with Crippen LogP contribution in [0.3, 0.4) is 0 Å². The number of hydrogen-bond donors (Lipinski definition) is 2. The molecule has 29 heavy (non-hydrogen) atoms. The Labute approximate surface area is 169 Å². The Morgan fingerprint density at radius 3 is 1.34 bits per heavy atom. The highest BCUT2D eigenvalue weighted by Crippen LogP contribution is 1.91. The second kappa shape index (κ2) is 15.9. The van der Waals surface area contributed by atoms with Gasteiger partial charge >= 0.3 is 24.1 Å². The molecule has 0 aromatic carbocycles. The van der Waals surface area contributed by atoms with Crippen molar-refractivity contribution < 1.29 is 42.9 Å². The quantitative estimate of drug-likeness (QED) is 0.181. The van der Waals surface area contributed by atoms with E-state index in [1.165, 1.54) is 13.8 Å². The Balaban J connectivity index is 3.47. The number of rotatable bonds is 14. The molecule has 0 fully saturated rings. The zero-order valence-electron chi connectivity index (χ0n) is 16.7. The summed E-state index contributed by atoms with van der Waals surface area (Å²) in [6, 6.07) is 0. The maximum Gasteiger partial charge on any atom is 0.407 e. The van der Waals surface area contributed by atoms with Gasteiger partial charge in [-0.3, -0.25) is 0 Å². The Hall–Kier alpha value is -3.08. The van der Waals surface area contributed by atoms with E-state index in [1.54, 1.807) is 0 Å². The summed E-state index contributed by atoms with van der Waals surface area (Å²) < 4.78 is 24.4. The molecule has 0 aromatic rings. The summed E-state index contributed by atoms with van der Waals surface area (Å²) >= 11 is 0. The summed E-state index contributed by atoms with van der Waals surface area (Å²) in [6.07, 6.45) is -1.36. The summed E-state index contributed by atoms with van der Waals surface area (Å²) in [5, 5.41) is 4.79. The Bertz CT molecular complexity index is 540. The summed E-state index contributed by atoms with van der Waals surface area (Å²) in [5.41, 5.74) is 0.547. The van der Waals surface area contributed by atoms with Crippen LogP contribution in [0, 0.1) is 0 Å². The number of esters is 2. The van der Waals surface area contributed by atoms with Gasteiger partial charge in [0.1, 0.15) is 26.4 Å². The second-order valence-corrected chi connectivity index (χ2v) is 5.57. The van der Waals surface area contributed by atoms with Crippen LogP contribution in [-0.2, 0) is 33.3 Å². The van der Waals surface area contributed by atoms with Crippen LogP contribution in [0.25, 0.3) is 0 Å². The summed E-state index contributed by atoms with van der Waals surface area (Å²) in [5.74, 6) is -1.06. The zero-order chi connectivity index (χ0) is 22.1. The van der Waals surface area contributed by atoms with Gasteiger partial charge in [0.25, 0.3) is 0 Å². The van der Waals surface area contributed by atoms with Crippen molar-refractivity contribution in [3.8, 4) is 0 Å². The molecule has 0 heterocycles. The SMILES string of the molecule is C=C(C)C(=O)OCCNC(=O)OCCOCCOC(=O)NCCOC(=O)C(=C)C. The maximum absolute atomic E-state index is 11.3. The van der Waals surface area contributed by atoms with Gasteiger partial charge in [-0.15, -0.1) is 0 Å². The molecular formula is C18H28N2O9. The van der Waals surface area contributed by atoms with E-state index in [0.717, 1.165) is 0 Å². The Morgan fingerprint density at radius 2 is 1.00 bits per heavy atom. The number of carbonyl (C=O) groups is 4. The molecule has 0 unspecified atom stereocenters. The summed E-state index contributed by atoms with van der Waals surface area (Å²) in [4.78, 5) is 44.9. The average molecular weight is 416 g/mol. The first kappa shape index (κ1) is 25.9. The molecule has 164 valence electrons. The molecule has 0 saturated heterocycles. The highest BCUT2D eigenvalue weighted by Gasteiger charge is 2.06. The topological polar surface area (TPSA) is 138 Å². The van der Waals surface area contributed by atoms with E-state index in [1.807, 2.05) is 0 Å². The van der Waals surface area contributed by atoms with Crippen molar-refractivity contribution in [3.63, 3.8) is 0 Å². The molecule has 0 aromatic heterocycles. The predicted molar refractivity (Wildman–Crippen MR) is 101 cm³/mol. The molecular weight excluding hydrogens is 388 g/mol. The van der Waals surface area contributed by atoms with Gasteiger partial charge < -0.3 is 34.3 Å². The lowest BCUT2D eigenvalue weighted by atomic mass is 10.4. The van der Waals surface area contributed by atoms with Crippen LogP contribution in [0.2, 0.25) is 0 Å². The van der Waals surface area contributed by atoms with Crippen molar-refractivity contribution in [2.75, 3.05) is 52.7 Å². The van der Waals surface area contributed by atoms with Crippen LogP contribution in [0.4, 0.5) is 9.59 Å². The molecule has 0 bridgehead atoms. The van der Waals surface area contributed by atoms with Gasteiger partial charge in [0.05, 0.1) is 26.3 Å². The Morgan fingerprint density at radius 1 is 0.621 bits per heavy atom. The standard InChI is InChI=1S/C18H28N2O9/c1-13(2)15(21)26-7-5-19-17(23)28-11-9-25-10-12-29-18(24)20-6-8-27-16(22)14(3)4/h1,3,5-12H2,2,4H3,(H,19,23)(H,20,24). The first-order valence-electron chi connectivity index (χ1n) is 8.78. The van der Waals surface area contributed by atoms with Gasteiger partial charge in [-0.05, 0) is 13.8 Å². The molecule has 2 N–H and O–H groups in total. The van der Waals surface area contributed by atoms with Crippen molar-refractivity contribution >= 4 is 24.1 Å². The molecule has 0 spiro atoms. The number of carbonyl (C=O) groups excluding carboxylic acids is 4. The van der Waals surface area contributed by atoms with Crippen molar-refractivity contribution in [2.24, 2.45) is 0 Å². The maximum atomic E-state index is 11.3. The van der Waals surface area contributed by atoms with E-state index in [4.69, 9.17) is 23.7 Å². The minimum Gasteiger partial charge on any atom is -0.460 e. The first-order chi connectivity index (χ1) is 13.7. The van der Waals surface area contributed by atoms with Gasteiger partial charge in [-0.2, -0.15) is 0 Å². The highest BCUT2D eigenvalue weighted by molar-refractivity contribution is 5.87. The van der Waals surface area contributed by atoms with Crippen molar-refractivity contribution in [3.05, 3.63) is 24.3 Å². The number of amides is 2. The lowest BCUT2D eigenvalue weighted by molar-refractivity contribution is -0.139.